The maximum atomic E-state index is 5.16. The van der Waals surface area contributed by atoms with Gasteiger partial charge < -0.3 is 14.2 Å². The fraction of sp³-hybridized carbons (Fsp3) is 0.684. The first-order valence-electron chi connectivity index (χ1n) is 9.96. The van der Waals surface area contributed by atoms with Crippen LogP contribution in [0.5, 0.6) is 5.75 Å². The van der Waals surface area contributed by atoms with Crippen LogP contribution in [0.4, 0.5) is 5.95 Å². The Kier molecular flexibility index (Phi) is 5.52. The van der Waals surface area contributed by atoms with E-state index in [0.717, 1.165) is 50.1 Å². The van der Waals surface area contributed by atoms with E-state index >= 15 is 0 Å². The van der Waals surface area contributed by atoms with E-state index < -0.39 is 0 Å². The third-order valence-electron chi connectivity index (χ3n) is 5.73. The Bertz CT molecular complexity index is 739. The summed E-state index contributed by atoms with van der Waals surface area (Å²) in [5.41, 5.74) is 0. The van der Waals surface area contributed by atoms with Crippen molar-refractivity contribution in [3.63, 3.8) is 0 Å². The Morgan fingerprint density at radius 3 is 2.56 bits per heavy atom. The van der Waals surface area contributed by atoms with Gasteiger partial charge in [-0.15, -0.1) is 10.2 Å². The van der Waals surface area contributed by atoms with E-state index in [2.05, 4.69) is 41.6 Å². The zero-order valence-electron chi connectivity index (χ0n) is 16.3. The summed E-state index contributed by atoms with van der Waals surface area (Å²) in [5, 5.41) is 9.07. The third-order valence-corrected chi connectivity index (χ3v) is 5.73. The quantitative estimate of drug-likeness (QED) is 0.796. The van der Waals surface area contributed by atoms with Crippen molar-refractivity contribution in [2.45, 2.75) is 44.6 Å². The van der Waals surface area contributed by atoms with Crippen molar-refractivity contribution in [2.75, 3.05) is 38.2 Å². The van der Waals surface area contributed by atoms with Gasteiger partial charge in [-0.05, 0) is 38.8 Å². The van der Waals surface area contributed by atoms with E-state index in [-0.39, 0.29) is 0 Å². The molecule has 0 bridgehead atoms. The normalized spacial score (nSPS) is 21.4. The molecule has 0 N–H and O–H groups in total. The summed E-state index contributed by atoms with van der Waals surface area (Å²) in [7, 11) is 3.74. The standard InChI is InChI=1S/C19H29N7O/c1-24-17(14-25-8-4-3-5-9-25)22-23-18(24)15-7-6-10-26(13-15)19-20-11-16(27-2)12-21-19/h11-12,15H,3-10,13-14H2,1-2H3/t15-/m1/s1. The number of piperidine rings is 2. The van der Waals surface area contributed by atoms with E-state index in [4.69, 9.17) is 4.74 Å². The molecule has 0 unspecified atom stereocenters. The maximum Gasteiger partial charge on any atom is 0.225 e. The molecule has 27 heavy (non-hydrogen) atoms. The van der Waals surface area contributed by atoms with Gasteiger partial charge in [0.2, 0.25) is 5.95 Å². The lowest BCUT2D eigenvalue weighted by Gasteiger charge is -2.32. The number of rotatable bonds is 5. The summed E-state index contributed by atoms with van der Waals surface area (Å²) in [5.74, 6) is 3.96. The predicted molar refractivity (Wildman–Crippen MR) is 103 cm³/mol. The fourth-order valence-electron chi connectivity index (χ4n) is 4.13. The number of hydrogen-bond acceptors (Lipinski definition) is 7. The van der Waals surface area contributed by atoms with Crippen LogP contribution in [-0.2, 0) is 13.6 Å². The van der Waals surface area contributed by atoms with Gasteiger partial charge >= 0.3 is 0 Å². The van der Waals surface area contributed by atoms with Crippen LogP contribution < -0.4 is 9.64 Å². The zero-order chi connectivity index (χ0) is 18.6. The highest BCUT2D eigenvalue weighted by Gasteiger charge is 2.27. The Morgan fingerprint density at radius 1 is 1.04 bits per heavy atom. The van der Waals surface area contributed by atoms with Gasteiger partial charge in [-0.2, -0.15) is 0 Å². The molecule has 0 amide bonds. The van der Waals surface area contributed by atoms with Crippen LogP contribution in [0.3, 0.4) is 0 Å². The summed E-state index contributed by atoms with van der Waals surface area (Å²) in [6.07, 6.45) is 9.63. The Hall–Kier alpha value is -2.22. The highest BCUT2D eigenvalue weighted by molar-refractivity contribution is 5.33. The molecule has 4 rings (SSSR count). The van der Waals surface area contributed by atoms with Gasteiger partial charge in [0, 0.05) is 26.1 Å². The molecular formula is C19H29N7O. The molecule has 2 aromatic rings. The Morgan fingerprint density at radius 2 is 1.81 bits per heavy atom. The van der Waals surface area contributed by atoms with Gasteiger partial charge in [0.1, 0.15) is 11.6 Å². The molecule has 2 saturated heterocycles. The van der Waals surface area contributed by atoms with Crippen LogP contribution in [0, 0.1) is 0 Å². The van der Waals surface area contributed by atoms with Crippen molar-refractivity contribution < 1.29 is 4.74 Å². The summed E-state index contributed by atoms with van der Waals surface area (Å²) < 4.78 is 7.36. The van der Waals surface area contributed by atoms with Crippen LogP contribution in [0.25, 0.3) is 0 Å². The Labute approximate surface area is 160 Å². The van der Waals surface area contributed by atoms with Crippen LogP contribution in [-0.4, -0.2) is 62.9 Å². The van der Waals surface area contributed by atoms with Gasteiger partial charge in [-0.1, -0.05) is 6.42 Å². The number of methoxy groups -OCH3 is 1. The molecule has 0 aliphatic carbocycles. The molecule has 2 aliphatic rings. The van der Waals surface area contributed by atoms with Crippen molar-refractivity contribution in [1.29, 1.82) is 0 Å². The first-order valence-corrected chi connectivity index (χ1v) is 9.96. The van der Waals surface area contributed by atoms with Gasteiger partial charge in [-0.3, -0.25) is 4.90 Å². The van der Waals surface area contributed by atoms with Crippen molar-refractivity contribution in [3.8, 4) is 5.75 Å². The number of ether oxygens (including phenoxy) is 1. The summed E-state index contributed by atoms with van der Waals surface area (Å²) in [6.45, 7) is 5.10. The highest BCUT2D eigenvalue weighted by atomic mass is 16.5. The van der Waals surface area contributed by atoms with Crippen LogP contribution >= 0.6 is 0 Å². The van der Waals surface area contributed by atoms with Crippen molar-refractivity contribution in [1.82, 2.24) is 29.6 Å². The smallest absolute Gasteiger partial charge is 0.225 e. The van der Waals surface area contributed by atoms with E-state index in [9.17, 15) is 0 Å². The molecule has 8 nitrogen and oxygen atoms in total. The SMILES string of the molecule is COc1cnc(N2CCC[C@@H](c3nnc(CN4CCCCC4)n3C)C2)nc1. The van der Waals surface area contributed by atoms with Gasteiger partial charge in [0.15, 0.2) is 5.75 Å². The molecule has 0 saturated carbocycles. The number of aromatic nitrogens is 5. The minimum absolute atomic E-state index is 0.358. The maximum absolute atomic E-state index is 5.16. The minimum atomic E-state index is 0.358. The molecule has 0 spiro atoms. The zero-order valence-corrected chi connectivity index (χ0v) is 16.3. The second kappa shape index (κ2) is 8.21. The van der Waals surface area contributed by atoms with Crippen molar-refractivity contribution in [2.24, 2.45) is 7.05 Å². The molecule has 0 radical (unpaired) electrons. The molecule has 4 heterocycles. The second-order valence-electron chi connectivity index (χ2n) is 7.58. The topological polar surface area (TPSA) is 72.2 Å². The molecule has 2 aliphatic heterocycles. The van der Waals surface area contributed by atoms with Crippen LogP contribution in [0.1, 0.15) is 49.7 Å². The average molecular weight is 371 g/mol. The predicted octanol–water partition coefficient (Wildman–Crippen LogP) is 1.98. The van der Waals surface area contributed by atoms with Gasteiger partial charge in [0.05, 0.1) is 26.0 Å². The first kappa shape index (κ1) is 18.2. The van der Waals surface area contributed by atoms with Crippen LogP contribution in [0.15, 0.2) is 12.4 Å². The van der Waals surface area contributed by atoms with Crippen molar-refractivity contribution in [3.05, 3.63) is 24.0 Å². The fourth-order valence-corrected chi connectivity index (χ4v) is 4.13. The van der Waals surface area contributed by atoms with E-state index in [0.29, 0.717) is 11.7 Å². The molecule has 2 aromatic heterocycles. The van der Waals surface area contributed by atoms with Gasteiger partial charge in [0.25, 0.3) is 0 Å². The molecule has 8 heteroatoms. The Balaban J connectivity index is 1.44. The lowest BCUT2D eigenvalue weighted by molar-refractivity contribution is 0.213. The third kappa shape index (κ3) is 4.05. The molecule has 1 atom stereocenters. The minimum Gasteiger partial charge on any atom is -0.494 e. The average Bonchev–Trinajstić information content (AvgIpc) is 3.09. The molecule has 0 aromatic carbocycles. The van der Waals surface area contributed by atoms with Crippen LogP contribution in [0.2, 0.25) is 0 Å². The number of likely N-dealkylation sites (tertiary alicyclic amines) is 1. The number of nitrogens with zero attached hydrogens (tertiary/aromatic N) is 7. The summed E-state index contributed by atoms with van der Waals surface area (Å²) in [4.78, 5) is 13.6. The van der Waals surface area contributed by atoms with E-state index in [1.165, 1.54) is 32.4 Å². The lowest BCUT2D eigenvalue weighted by Crippen LogP contribution is -2.36. The number of hydrogen-bond donors (Lipinski definition) is 0. The summed E-state index contributed by atoms with van der Waals surface area (Å²) in [6, 6.07) is 0. The lowest BCUT2D eigenvalue weighted by atomic mass is 9.97. The van der Waals surface area contributed by atoms with Gasteiger partial charge in [-0.25, -0.2) is 9.97 Å². The first-order chi connectivity index (χ1) is 13.2. The van der Waals surface area contributed by atoms with Crippen molar-refractivity contribution >= 4 is 5.95 Å². The molecular weight excluding hydrogens is 342 g/mol. The highest BCUT2D eigenvalue weighted by Crippen LogP contribution is 2.28. The second-order valence-corrected chi connectivity index (χ2v) is 7.58. The van der Waals surface area contributed by atoms with E-state index in [1.807, 2.05) is 0 Å². The summed E-state index contributed by atoms with van der Waals surface area (Å²) >= 11 is 0. The number of anilines is 1. The van der Waals surface area contributed by atoms with E-state index in [1.54, 1.807) is 19.5 Å². The monoisotopic (exact) mass is 371 g/mol. The largest absolute Gasteiger partial charge is 0.494 e. The molecule has 146 valence electrons. The molecule has 2 fully saturated rings.